The number of anilines is 1. The molecule has 0 bridgehead atoms. The maximum Gasteiger partial charge on any atom is 0.335 e. The smallest absolute Gasteiger partial charge is 0.335 e. The molecule has 9 heteroatoms. The molecule has 0 aliphatic carbocycles. The number of nitrogens with zero attached hydrogens (tertiary/aromatic N) is 4. The van der Waals surface area contributed by atoms with Gasteiger partial charge in [-0.1, -0.05) is 6.07 Å². The van der Waals surface area contributed by atoms with E-state index in [1.54, 1.807) is 19.2 Å². The zero-order chi connectivity index (χ0) is 24.9. The lowest BCUT2D eigenvalue weighted by atomic mass is 10.2. The average molecular weight is 481 g/mol. The number of imidazole rings is 1. The van der Waals surface area contributed by atoms with Crippen molar-refractivity contribution in [3.63, 3.8) is 0 Å². The Morgan fingerprint density at radius 2 is 1.80 bits per heavy atom. The van der Waals surface area contributed by atoms with Crippen LogP contribution in [0.2, 0.25) is 0 Å². The summed E-state index contributed by atoms with van der Waals surface area (Å²) in [6.45, 7) is 7.72. The van der Waals surface area contributed by atoms with Gasteiger partial charge in [0.15, 0.2) is 0 Å². The van der Waals surface area contributed by atoms with Crippen molar-refractivity contribution in [2.75, 3.05) is 51.3 Å². The number of carbonyl (C=O) groups is 2. The number of rotatable bonds is 9. The van der Waals surface area contributed by atoms with Crippen LogP contribution in [0.1, 0.15) is 30.0 Å². The molecule has 1 saturated heterocycles. The summed E-state index contributed by atoms with van der Waals surface area (Å²) in [5.41, 5.74) is 3.76. The maximum absolute atomic E-state index is 12.0. The summed E-state index contributed by atoms with van der Waals surface area (Å²) in [5.74, 6) is -0.342. The molecule has 2 heterocycles. The molecule has 35 heavy (non-hydrogen) atoms. The molecule has 1 aromatic heterocycles. The van der Waals surface area contributed by atoms with Crippen LogP contribution < -0.4 is 4.90 Å². The van der Waals surface area contributed by atoms with Gasteiger partial charge in [-0.3, -0.25) is 14.3 Å². The molecule has 4 rings (SSSR count). The van der Waals surface area contributed by atoms with Crippen LogP contribution in [-0.2, 0) is 20.7 Å². The molecule has 0 radical (unpaired) electrons. The molecule has 0 unspecified atom stereocenters. The van der Waals surface area contributed by atoms with E-state index in [4.69, 9.17) is 14.5 Å². The number of benzene rings is 2. The second-order valence-corrected chi connectivity index (χ2v) is 8.94. The maximum atomic E-state index is 12.0. The predicted octanol–water partition coefficient (Wildman–Crippen LogP) is 2.99. The van der Waals surface area contributed by atoms with E-state index in [2.05, 4.69) is 26.5 Å². The number of carboxylic acid groups (broad SMARTS) is 1. The number of piperazine rings is 1. The van der Waals surface area contributed by atoms with Crippen LogP contribution in [0, 0.1) is 0 Å². The van der Waals surface area contributed by atoms with Crippen molar-refractivity contribution in [1.82, 2.24) is 14.5 Å². The van der Waals surface area contributed by atoms with E-state index in [0.717, 1.165) is 48.9 Å². The van der Waals surface area contributed by atoms with Gasteiger partial charge in [-0.25, -0.2) is 9.78 Å². The molecular weight excluding hydrogens is 448 g/mol. The van der Waals surface area contributed by atoms with Crippen LogP contribution in [0.3, 0.4) is 0 Å². The minimum Gasteiger partial charge on any atom is -0.478 e. The molecule has 3 aromatic rings. The van der Waals surface area contributed by atoms with Crippen LogP contribution in [0.4, 0.5) is 5.69 Å². The van der Waals surface area contributed by atoms with E-state index in [0.29, 0.717) is 25.1 Å². The first-order chi connectivity index (χ1) is 16.9. The Balaban J connectivity index is 1.56. The summed E-state index contributed by atoms with van der Waals surface area (Å²) >= 11 is 0. The highest BCUT2D eigenvalue weighted by Crippen LogP contribution is 2.27. The molecule has 9 nitrogen and oxygen atoms in total. The van der Waals surface area contributed by atoms with E-state index in [1.807, 2.05) is 32.0 Å². The SMILES string of the molecule is COCCc1nc2cc(C(=O)O)ccc2n1-c1cccc(N2CCN(CC(=O)OC(C)C)CC2)c1. The van der Waals surface area contributed by atoms with Crippen LogP contribution in [0.25, 0.3) is 16.7 Å². The number of esters is 1. The van der Waals surface area contributed by atoms with Crippen LogP contribution in [-0.4, -0.2) is 84.0 Å². The Kier molecular flexibility index (Phi) is 7.67. The molecule has 0 saturated carbocycles. The Hall–Kier alpha value is -3.43. The van der Waals surface area contributed by atoms with Gasteiger partial charge >= 0.3 is 11.9 Å². The van der Waals surface area contributed by atoms with Crippen molar-refractivity contribution >= 4 is 28.7 Å². The fourth-order valence-corrected chi connectivity index (χ4v) is 4.39. The first kappa shape index (κ1) is 24.7. The van der Waals surface area contributed by atoms with Gasteiger partial charge in [0.05, 0.1) is 35.9 Å². The molecule has 1 aliphatic heterocycles. The highest BCUT2D eigenvalue weighted by molar-refractivity contribution is 5.93. The lowest BCUT2D eigenvalue weighted by Crippen LogP contribution is -2.48. The molecular formula is C26H32N4O5. The van der Waals surface area contributed by atoms with Crippen molar-refractivity contribution < 1.29 is 24.2 Å². The summed E-state index contributed by atoms with van der Waals surface area (Å²) < 4.78 is 12.6. The normalized spacial score (nSPS) is 14.6. The van der Waals surface area contributed by atoms with Gasteiger partial charge in [0.2, 0.25) is 0 Å². The first-order valence-electron chi connectivity index (χ1n) is 11.9. The topological polar surface area (TPSA) is 97.1 Å². The number of aromatic carboxylic acids is 1. The molecule has 0 spiro atoms. The van der Waals surface area contributed by atoms with E-state index in [1.165, 1.54) is 0 Å². The van der Waals surface area contributed by atoms with Crippen molar-refractivity contribution in [2.24, 2.45) is 0 Å². The highest BCUT2D eigenvalue weighted by Gasteiger charge is 2.21. The standard InChI is InChI=1S/C26H32N4O5/c1-18(2)35-25(31)17-28-10-12-29(13-11-28)20-5-4-6-21(16-20)30-23-8-7-19(26(32)33)15-22(23)27-24(30)9-14-34-3/h4-8,15-16,18H,9-14,17H2,1-3H3,(H,32,33). The summed E-state index contributed by atoms with van der Waals surface area (Å²) in [4.78, 5) is 32.6. The monoisotopic (exact) mass is 480 g/mol. The third-order valence-electron chi connectivity index (χ3n) is 6.05. The van der Waals surface area contributed by atoms with Crippen molar-refractivity contribution in [1.29, 1.82) is 0 Å². The average Bonchev–Trinajstić information content (AvgIpc) is 3.20. The van der Waals surface area contributed by atoms with Crippen LogP contribution in [0.5, 0.6) is 0 Å². The second kappa shape index (κ2) is 10.9. The van der Waals surface area contributed by atoms with Crippen molar-refractivity contribution in [2.45, 2.75) is 26.4 Å². The van der Waals surface area contributed by atoms with Gasteiger partial charge < -0.3 is 19.5 Å². The fraction of sp³-hybridized carbons (Fsp3) is 0.423. The quantitative estimate of drug-likeness (QED) is 0.467. The van der Waals surface area contributed by atoms with E-state index < -0.39 is 5.97 Å². The summed E-state index contributed by atoms with van der Waals surface area (Å²) in [5, 5.41) is 9.38. The number of hydrogen-bond acceptors (Lipinski definition) is 7. The Morgan fingerprint density at radius 3 is 2.49 bits per heavy atom. The number of methoxy groups -OCH3 is 1. The van der Waals surface area contributed by atoms with Crippen molar-refractivity contribution in [3.05, 3.63) is 53.9 Å². The van der Waals surface area contributed by atoms with Crippen molar-refractivity contribution in [3.8, 4) is 5.69 Å². The zero-order valence-corrected chi connectivity index (χ0v) is 20.4. The largest absolute Gasteiger partial charge is 0.478 e. The highest BCUT2D eigenvalue weighted by atomic mass is 16.5. The van der Waals surface area contributed by atoms with Gasteiger partial charge in [0, 0.05) is 51.1 Å². The third kappa shape index (κ3) is 5.80. The minimum atomic E-state index is -0.974. The molecule has 0 atom stereocenters. The Morgan fingerprint density at radius 1 is 1.06 bits per heavy atom. The van der Waals surface area contributed by atoms with Gasteiger partial charge in [0.1, 0.15) is 5.82 Å². The van der Waals surface area contributed by atoms with E-state index in [9.17, 15) is 14.7 Å². The van der Waals surface area contributed by atoms with Gasteiger partial charge in [-0.2, -0.15) is 0 Å². The number of hydrogen-bond donors (Lipinski definition) is 1. The summed E-state index contributed by atoms with van der Waals surface area (Å²) in [7, 11) is 1.65. The summed E-state index contributed by atoms with van der Waals surface area (Å²) in [6.07, 6.45) is 0.499. The Labute approximate surface area is 204 Å². The van der Waals surface area contributed by atoms with Crippen LogP contribution in [0.15, 0.2) is 42.5 Å². The number of carbonyl (C=O) groups excluding carboxylic acids is 1. The number of carboxylic acids is 1. The molecule has 1 N–H and O–H groups in total. The third-order valence-corrected chi connectivity index (χ3v) is 6.05. The molecule has 186 valence electrons. The van der Waals surface area contributed by atoms with Gasteiger partial charge in [0.25, 0.3) is 0 Å². The molecule has 1 aliphatic rings. The lowest BCUT2D eigenvalue weighted by Gasteiger charge is -2.35. The van der Waals surface area contributed by atoms with E-state index >= 15 is 0 Å². The second-order valence-electron chi connectivity index (χ2n) is 8.94. The lowest BCUT2D eigenvalue weighted by molar-refractivity contribution is -0.148. The summed E-state index contributed by atoms with van der Waals surface area (Å²) in [6, 6.07) is 13.3. The molecule has 2 aromatic carbocycles. The predicted molar refractivity (Wildman–Crippen MR) is 133 cm³/mol. The molecule has 0 amide bonds. The zero-order valence-electron chi connectivity index (χ0n) is 20.4. The number of fused-ring (bicyclic) bond motifs is 1. The van der Waals surface area contributed by atoms with Crippen LogP contribution >= 0.6 is 0 Å². The number of aromatic nitrogens is 2. The van der Waals surface area contributed by atoms with Gasteiger partial charge in [-0.15, -0.1) is 0 Å². The van der Waals surface area contributed by atoms with Gasteiger partial charge in [-0.05, 0) is 50.2 Å². The van der Waals surface area contributed by atoms with E-state index in [-0.39, 0.29) is 17.6 Å². The first-order valence-corrected chi connectivity index (χ1v) is 11.9. The Bertz CT molecular complexity index is 1200. The molecule has 1 fully saturated rings. The fourth-order valence-electron chi connectivity index (χ4n) is 4.39. The number of ether oxygens (including phenoxy) is 2. The minimum absolute atomic E-state index is 0.102.